The Morgan fingerprint density at radius 1 is 1.05 bits per heavy atom. The average Bonchev–Trinajstić information content (AvgIpc) is 2.70. The molecule has 0 atom stereocenters. The van der Waals surface area contributed by atoms with Crippen molar-refractivity contribution in [2.24, 2.45) is 5.41 Å². The number of amides is 1. The molecule has 1 saturated heterocycles. The zero-order valence-corrected chi connectivity index (χ0v) is 14.6. The molecule has 0 unspecified atom stereocenters. The first-order chi connectivity index (χ1) is 10.3. The van der Waals surface area contributed by atoms with Crippen LogP contribution in [0.4, 0.5) is 0 Å². The van der Waals surface area contributed by atoms with Crippen LogP contribution < -0.4 is 5.32 Å². The Labute approximate surface area is 134 Å². The van der Waals surface area contributed by atoms with Gasteiger partial charge in [0, 0.05) is 26.0 Å². The zero-order valence-electron chi connectivity index (χ0n) is 13.8. The Morgan fingerprint density at radius 3 is 2.09 bits per heavy atom. The molecular formula is C16H29NO4S. The van der Waals surface area contributed by atoms with E-state index in [4.69, 9.17) is 4.74 Å². The van der Waals surface area contributed by atoms with Gasteiger partial charge in [0.25, 0.3) is 0 Å². The van der Waals surface area contributed by atoms with Crippen molar-refractivity contribution in [3.05, 3.63) is 0 Å². The lowest BCUT2D eigenvalue weighted by Gasteiger charge is -2.36. The fourth-order valence-corrected chi connectivity index (χ4v) is 5.00. The summed E-state index contributed by atoms with van der Waals surface area (Å²) in [5.74, 6) is -0.330. The van der Waals surface area contributed by atoms with Crippen molar-refractivity contribution in [1.82, 2.24) is 5.32 Å². The molecule has 0 aromatic rings. The third-order valence-corrected chi connectivity index (χ3v) is 7.42. The van der Waals surface area contributed by atoms with Gasteiger partial charge in [0.15, 0.2) is 14.6 Å². The molecule has 0 bridgehead atoms. The molecule has 1 aliphatic carbocycles. The van der Waals surface area contributed by atoms with Crippen molar-refractivity contribution in [2.45, 2.75) is 63.0 Å². The number of nitrogens with one attached hydrogen (secondary N) is 1. The first kappa shape index (κ1) is 17.7. The molecule has 2 rings (SSSR count). The normalized spacial score (nSPS) is 25.2. The minimum atomic E-state index is -3.46. The number of hydrogen-bond donors (Lipinski definition) is 1. The van der Waals surface area contributed by atoms with E-state index in [0.29, 0.717) is 19.8 Å². The monoisotopic (exact) mass is 331 g/mol. The second-order valence-electron chi connectivity index (χ2n) is 7.29. The van der Waals surface area contributed by atoms with Crippen LogP contribution in [0.25, 0.3) is 0 Å². The molecule has 2 aliphatic rings. The Bertz CT molecular complexity index is 486. The second kappa shape index (κ2) is 6.87. The number of ether oxygens (including phenoxy) is 1. The van der Waals surface area contributed by atoms with E-state index in [1.54, 1.807) is 0 Å². The van der Waals surface area contributed by atoms with Crippen LogP contribution in [0.15, 0.2) is 0 Å². The van der Waals surface area contributed by atoms with Crippen LogP contribution in [-0.4, -0.2) is 45.1 Å². The summed E-state index contributed by atoms with van der Waals surface area (Å²) in [6, 6.07) is 0. The van der Waals surface area contributed by atoms with Crippen LogP contribution in [0.2, 0.25) is 0 Å². The number of hydrogen-bond acceptors (Lipinski definition) is 4. The fraction of sp³-hybridized carbons (Fsp3) is 0.938. The van der Waals surface area contributed by atoms with Gasteiger partial charge in [-0.2, -0.15) is 0 Å². The molecule has 0 aromatic carbocycles. The van der Waals surface area contributed by atoms with Gasteiger partial charge < -0.3 is 10.1 Å². The largest absolute Gasteiger partial charge is 0.381 e. The summed E-state index contributed by atoms with van der Waals surface area (Å²) in [6.07, 6.45) is 8.79. The second-order valence-corrected chi connectivity index (χ2v) is 9.61. The highest BCUT2D eigenvalue weighted by atomic mass is 32.2. The summed E-state index contributed by atoms with van der Waals surface area (Å²) in [7, 11) is -3.46. The maximum absolute atomic E-state index is 12.7. The molecule has 1 saturated carbocycles. The lowest BCUT2D eigenvalue weighted by molar-refractivity contribution is -0.126. The van der Waals surface area contributed by atoms with Crippen LogP contribution in [0.5, 0.6) is 0 Å². The molecule has 1 amide bonds. The van der Waals surface area contributed by atoms with Gasteiger partial charge in [0.05, 0.1) is 0 Å². The summed E-state index contributed by atoms with van der Waals surface area (Å²) >= 11 is 0. The van der Waals surface area contributed by atoms with Crippen LogP contribution in [0.1, 0.15) is 58.3 Å². The van der Waals surface area contributed by atoms with Crippen LogP contribution >= 0.6 is 0 Å². The Hall–Kier alpha value is -0.620. The van der Waals surface area contributed by atoms with E-state index >= 15 is 0 Å². The molecule has 1 N–H and O–H groups in total. The van der Waals surface area contributed by atoms with Gasteiger partial charge in [-0.25, -0.2) is 8.42 Å². The van der Waals surface area contributed by atoms with E-state index in [-0.39, 0.29) is 24.2 Å². The molecule has 1 aliphatic heterocycles. The summed E-state index contributed by atoms with van der Waals surface area (Å²) < 4.78 is 28.4. The van der Waals surface area contributed by atoms with E-state index in [2.05, 4.69) is 12.2 Å². The number of sulfone groups is 1. The average molecular weight is 331 g/mol. The van der Waals surface area contributed by atoms with E-state index in [1.165, 1.54) is 31.9 Å². The Balaban J connectivity index is 2.05. The van der Waals surface area contributed by atoms with Gasteiger partial charge >= 0.3 is 0 Å². The van der Waals surface area contributed by atoms with E-state index < -0.39 is 14.6 Å². The molecular weight excluding hydrogens is 302 g/mol. The van der Waals surface area contributed by atoms with E-state index in [1.807, 2.05) is 0 Å². The highest BCUT2D eigenvalue weighted by molar-refractivity contribution is 7.92. The molecule has 128 valence electrons. The number of carbonyl (C=O) groups is 1. The lowest BCUT2D eigenvalue weighted by atomic mass is 9.82. The maximum Gasteiger partial charge on any atom is 0.241 e. The van der Waals surface area contributed by atoms with Crippen molar-refractivity contribution in [2.75, 3.05) is 26.0 Å². The topological polar surface area (TPSA) is 72.5 Å². The fourth-order valence-electron chi connectivity index (χ4n) is 3.68. The van der Waals surface area contributed by atoms with Gasteiger partial charge in [-0.1, -0.05) is 32.6 Å². The lowest BCUT2D eigenvalue weighted by Crippen LogP contribution is -2.56. The van der Waals surface area contributed by atoms with Crippen molar-refractivity contribution >= 4 is 15.7 Å². The smallest absolute Gasteiger partial charge is 0.241 e. The first-order valence-electron chi connectivity index (χ1n) is 8.35. The molecule has 6 heteroatoms. The van der Waals surface area contributed by atoms with Gasteiger partial charge in [-0.05, 0) is 31.1 Å². The highest BCUT2D eigenvalue weighted by Crippen LogP contribution is 2.35. The van der Waals surface area contributed by atoms with Crippen LogP contribution in [-0.2, 0) is 19.4 Å². The highest BCUT2D eigenvalue weighted by Gasteiger charge is 2.49. The quantitative estimate of drug-likeness (QED) is 0.800. The number of rotatable bonds is 4. The molecule has 2 fully saturated rings. The van der Waals surface area contributed by atoms with Gasteiger partial charge in [0.1, 0.15) is 0 Å². The number of carbonyl (C=O) groups excluding carboxylic acids is 1. The predicted octanol–water partition coefficient (Wildman–Crippen LogP) is 2.06. The zero-order chi connectivity index (χ0) is 16.3. The van der Waals surface area contributed by atoms with E-state index in [0.717, 1.165) is 12.8 Å². The molecule has 0 spiro atoms. The molecule has 0 aromatic heterocycles. The van der Waals surface area contributed by atoms with Crippen molar-refractivity contribution in [3.63, 3.8) is 0 Å². The third-order valence-electron chi connectivity index (χ3n) is 5.41. The molecule has 5 nitrogen and oxygen atoms in total. The molecule has 1 heterocycles. The predicted molar refractivity (Wildman–Crippen MR) is 86.4 cm³/mol. The first-order valence-corrected chi connectivity index (χ1v) is 10.2. The standard InChI is InChI=1S/C16H29NO4S/c1-15(7-5-3-4-6-8-15)13-17-14(18)16(22(2,19)20)9-11-21-12-10-16/h3-13H2,1-2H3,(H,17,18). The maximum atomic E-state index is 12.7. The van der Waals surface area contributed by atoms with Crippen LogP contribution in [0.3, 0.4) is 0 Å². The SMILES string of the molecule is CC1(CNC(=O)C2(S(C)(=O)=O)CCOCC2)CCCCCC1. The summed E-state index contributed by atoms with van der Waals surface area (Å²) in [5, 5.41) is 2.96. The minimum absolute atomic E-state index is 0.0933. The Morgan fingerprint density at radius 2 is 1.59 bits per heavy atom. The minimum Gasteiger partial charge on any atom is -0.381 e. The Kier molecular flexibility index (Phi) is 5.54. The van der Waals surface area contributed by atoms with Gasteiger partial charge in [-0.15, -0.1) is 0 Å². The summed E-state index contributed by atoms with van der Waals surface area (Å²) in [6.45, 7) is 3.44. The van der Waals surface area contributed by atoms with Crippen LogP contribution in [0, 0.1) is 5.41 Å². The van der Waals surface area contributed by atoms with E-state index in [9.17, 15) is 13.2 Å². The van der Waals surface area contributed by atoms with Gasteiger partial charge in [0.2, 0.25) is 5.91 Å². The summed E-state index contributed by atoms with van der Waals surface area (Å²) in [5.41, 5.74) is 0.0933. The van der Waals surface area contributed by atoms with Crippen molar-refractivity contribution < 1.29 is 17.9 Å². The van der Waals surface area contributed by atoms with Crippen molar-refractivity contribution in [3.8, 4) is 0 Å². The van der Waals surface area contributed by atoms with Crippen molar-refractivity contribution in [1.29, 1.82) is 0 Å². The third kappa shape index (κ3) is 3.82. The summed E-state index contributed by atoms with van der Waals surface area (Å²) in [4.78, 5) is 12.7. The molecule has 0 radical (unpaired) electrons. The van der Waals surface area contributed by atoms with Gasteiger partial charge in [-0.3, -0.25) is 4.79 Å². The molecule has 22 heavy (non-hydrogen) atoms.